The smallest absolute Gasteiger partial charge is 0.258 e. The van der Waals surface area contributed by atoms with Gasteiger partial charge in [-0.15, -0.1) is 0 Å². The number of aromatic nitrogens is 4. The summed E-state index contributed by atoms with van der Waals surface area (Å²) in [5, 5.41) is 0.401. The fourth-order valence-electron chi connectivity index (χ4n) is 7.46. The van der Waals surface area contributed by atoms with Crippen LogP contribution in [0, 0.1) is 11.6 Å². The van der Waals surface area contributed by atoms with Crippen molar-refractivity contribution in [2.45, 2.75) is 35.7 Å². The Hall–Kier alpha value is -5.64. The standard InChI is InChI=1S/2C21H23FN4O4S/c2*1-14(20-23-19-8-3-15(22)13-18(19)21(27)24-20)25-9-11-26(12-10-25)31(28,29)17-6-4-16(30-2)5-7-17/h2*3-8,13-14H,9-12H2,1-2H3,(H,23,24,27). The second-order valence-electron chi connectivity index (χ2n) is 14.8. The number of sulfonamides is 2. The number of halogens is 2. The Labute approximate surface area is 356 Å². The lowest BCUT2D eigenvalue weighted by Crippen LogP contribution is -2.49. The summed E-state index contributed by atoms with van der Waals surface area (Å²) in [7, 11) is -4.14. The molecule has 62 heavy (non-hydrogen) atoms. The molecule has 2 aliphatic heterocycles. The fraction of sp³-hybridized carbons (Fsp3) is 0.333. The van der Waals surface area contributed by atoms with E-state index in [0.29, 0.717) is 86.5 Å². The first-order valence-corrected chi connectivity index (χ1v) is 22.6. The summed E-state index contributed by atoms with van der Waals surface area (Å²) >= 11 is 0. The number of benzene rings is 4. The lowest BCUT2D eigenvalue weighted by molar-refractivity contribution is 0.141. The predicted molar refractivity (Wildman–Crippen MR) is 228 cm³/mol. The van der Waals surface area contributed by atoms with E-state index in [1.165, 1.54) is 83.5 Å². The summed E-state index contributed by atoms with van der Waals surface area (Å²) in [5.41, 5.74) is 0.0552. The number of hydrogen-bond acceptors (Lipinski definition) is 12. The molecule has 0 aliphatic carbocycles. The maximum absolute atomic E-state index is 13.4. The molecule has 0 spiro atoms. The summed E-state index contributed by atoms with van der Waals surface area (Å²) < 4.78 is 91.6. The quantitative estimate of drug-likeness (QED) is 0.199. The van der Waals surface area contributed by atoms with Crippen molar-refractivity contribution in [2.75, 3.05) is 66.6 Å². The number of nitrogens with zero attached hydrogens (tertiary/aromatic N) is 6. The van der Waals surface area contributed by atoms with Gasteiger partial charge in [0, 0.05) is 52.4 Å². The van der Waals surface area contributed by atoms with Crippen LogP contribution >= 0.6 is 0 Å². The molecule has 2 aliphatic rings. The molecule has 0 radical (unpaired) electrons. The summed E-state index contributed by atoms with van der Waals surface area (Å²) in [5.74, 6) is 1.14. The highest BCUT2D eigenvalue weighted by Gasteiger charge is 2.33. The van der Waals surface area contributed by atoms with Gasteiger partial charge in [-0.1, -0.05) is 0 Å². The molecule has 0 bridgehead atoms. The third-order valence-electron chi connectivity index (χ3n) is 11.2. The van der Waals surface area contributed by atoms with Crippen LogP contribution < -0.4 is 20.6 Å². The molecule has 2 atom stereocenters. The number of ether oxygens (including phenoxy) is 2. The topological polar surface area (TPSA) is 191 Å². The molecule has 4 aromatic carbocycles. The van der Waals surface area contributed by atoms with E-state index in [0.717, 1.165) is 0 Å². The summed E-state index contributed by atoms with van der Waals surface area (Å²) in [4.78, 5) is 43.7. The molecule has 16 nitrogen and oxygen atoms in total. The average Bonchev–Trinajstić information content (AvgIpc) is 3.29. The minimum atomic E-state index is -3.60. The zero-order valence-corrected chi connectivity index (χ0v) is 36.0. The molecular weight excluding hydrogens is 847 g/mol. The van der Waals surface area contributed by atoms with E-state index >= 15 is 0 Å². The highest BCUT2D eigenvalue weighted by atomic mass is 32.2. The number of fused-ring (bicyclic) bond motifs is 2. The predicted octanol–water partition coefficient (Wildman–Crippen LogP) is 4.28. The van der Waals surface area contributed by atoms with Crippen molar-refractivity contribution in [1.82, 2.24) is 38.3 Å². The van der Waals surface area contributed by atoms with Gasteiger partial charge in [-0.3, -0.25) is 19.4 Å². The SMILES string of the molecule is COc1ccc(S(=O)(=O)N2CCN(C(C)c3nc4ccc(F)cc4c(=O)[nH]3)CC2)cc1.COc1ccc(S(=O)(=O)N2CCN(C(C)c3nc4ccc(F)cc4c(=O)[nH]3)CC2)cc1. The molecule has 0 saturated carbocycles. The van der Waals surface area contributed by atoms with E-state index in [9.17, 15) is 35.2 Å². The van der Waals surface area contributed by atoms with Crippen molar-refractivity contribution >= 4 is 41.9 Å². The molecular formula is C42H46F2N8O8S2. The zero-order valence-electron chi connectivity index (χ0n) is 34.4. The van der Waals surface area contributed by atoms with E-state index in [4.69, 9.17) is 9.47 Å². The highest BCUT2D eigenvalue weighted by molar-refractivity contribution is 7.89. The number of methoxy groups -OCH3 is 2. The Balaban J connectivity index is 0.000000186. The number of aromatic amines is 2. The fourth-order valence-corrected chi connectivity index (χ4v) is 10.3. The molecule has 328 valence electrons. The third-order valence-corrected chi connectivity index (χ3v) is 15.0. The number of rotatable bonds is 10. The van der Waals surface area contributed by atoms with Gasteiger partial charge >= 0.3 is 0 Å². The van der Waals surface area contributed by atoms with Gasteiger partial charge in [0.05, 0.1) is 57.9 Å². The van der Waals surface area contributed by atoms with Crippen LogP contribution in [-0.2, 0) is 20.0 Å². The second kappa shape index (κ2) is 18.4. The lowest BCUT2D eigenvalue weighted by atomic mass is 10.2. The molecule has 2 N–H and O–H groups in total. The van der Waals surface area contributed by atoms with E-state index in [1.807, 2.05) is 13.8 Å². The number of H-pyrrole nitrogens is 2. The number of nitrogens with one attached hydrogen (secondary N) is 2. The Morgan fingerprint density at radius 1 is 0.548 bits per heavy atom. The molecule has 2 fully saturated rings. The van der Waals surface area contributed by atoms with Crippen LogP contribution in [0.5, 0.6) is 11.5 Å². The van der Waals surface area contributed by atoms with Crippen molar-refractivity contribution in [3.8, 4) is 11.5 Å². The first kappa shape index (κ1) is 44.4. The van der Waals surface area contributed by atoms with E-state index < -0.39 is 42.8 Å². The van der Waals surface area contributed by atoms with Gasteiger partial charge in [0.15, 0.2) is 0 Å². The second-order valence-corrected chi connectivity index (χ2v) is 18.7. The maximum Gasteiger partial charge on any atom is 0.258 e. The van der Waals surface area contributed by atoms with Crippen molar-refractivity contribution < 1.29 is 35.1 Å². The molecule has 2 aromatic heterocycles. The van der Waals surface area contributed by atoms with Crippen LogP contribution in [0.1, 0.15) is 37.6 Å². The Morgan fingerprint density at radius 2 is 0.887 bits per heavy atom. The van der Waals surface area contributed by atoms with Crippen LogP contribution in [-0.4, -0.2) is 122 Å². The Morgan fingerprint density at radius 3 is 1.21 bits per heavy atom. The van der Waals surface area contributed by atoms with Crippen molar-refractivity contribution in [3.63, 3.8) is 0 Å². The normalized spacial score (nSPS) is 17.0. The molecule has 6 aromatic rings. The van der Waals surface area contributed by atoms with E-state index in [2.05, 4.69) is 29.7 Å². The van der Waals surface area contributed by atoms with Crippen molar-refractivity contribution in [2.24, 2.45) is 0 Å². The Kier molecular flexibility index (Phi) is 13.2. The van der Waals surface area contributed by atoms with Crippen LogP contribution in [0.25, 0.3) is 21.8 Å². The molecule has 20 heteroatoms. The minimum absolute atomic E-state index is 0.200. The van der Waals surface area contributed by atoms with E-state index in [-0.39, 0.29) is 32.6 Å². The molecule has 8 rings (SSSR count). The maximum atomic E-state index is 13.4. The van der Waals surface area contributed by atoms with Gasteiger partial charge in [-0.05, 0) is 98.8 Å². The molecule has 0 amide bonds. The number of piperazine rings is 2. The van der Waals surface area contributed by atoms with Gasteiger partial charge in [-0.2, -0.15) is 8.61 Å². The average molecular weight is 893 g/mol. The van der Waals surface area contributed by atoms with Crippen molar-refractivity contribution in [3.05, 3.63) is 129 Å². The number of hydrogen-bond donors (Lipinski definition) is 2. The minimum Gasteiger partial charge on any atom is -0.497 e. The van der Waals surface area contributed by atoms with Crippen LogP contribution in [0.15, 0.2) is 104 Å². The van der Waals surface area contributed by atoms with E-state index in [1.54, 1.807) is 24.3 Å². The van der Waals surface area contributed by atoms with Crippen molar-refractivity contribution in [1.29, 1.82) is 0 Å². The van der Waals surface area contributed by atoms with Gasteiger partial charge in [0.25, 0.3) is 11.1 Å². The van der Waals surface area contributed by atoms with Gasteiger partial charge in [0.1, 0.15) is 34.8 Å². The van der Waals surface area contributed by atoms with Crippen LogP contribution in [0.3, 0.4) is 0 Å². The summed E-state index contributed by atoms with van der Waals surface area (Å²) in [6.07, 6.45) is 0. The molecule has 4 heterocycles. The van der Waals surface area contributed by atoms with Gasteiger partial charge in [0.2, 0.25) is 20.0 Å². The first-order chi connectivity index (χ1) is 29.6. The van der Waals surface area contributed by atoms with Gasteiger partial charge in [-0.25, -0.2) is 35.6 Å². The van der Waals surface area contributed by atoms with Crippen LogP contribution in [0.4, 0.5) is 8.78 Å². The largest absolute Gasteiger partial charge is 0.497 e. The summed E-state index contributed by atoms with van der Waals surface area (Å²) in [6.45, 7) is 7.04. The molecule has 2 unspecified atom stereocenters. The first-order valence-electron chi connectivity index (χ1n) is 19.7. The van der Waals surface area contributed by atoms with Crippen LogP contribution in [0.2, 0.25) is 0 Å². The van der Waals surface area contributed by atoms with Gasteiger partial charge < -0.3 is 19.4 Å². The highest BCUT2D eigenvalue weighted by Crippen LogP contribution is 2.26. The Bertz CT molecular complexity index is 2700. The summed E-state index contributed by atoms with van der Waals surface area (Å²) in [6, 6.07) is 20.0. The lowest BCUT2D eigenvalue weighted by Gasteiger charge is -2.37. The molecule has 2 saturated heterocycles. The third kappa shape index (κ3) is 9.39. The monoisotopic (exact) mass is 892 g/mol. The zero-order chi connectivity index (χ0) is 44.3.